The van der Waals surface area contributed by atoms with Crippen molar-refractivity contribution in [2.24, 2.45) is 0 Å². The molecule has 0 radical (unpaired) electrons. The van der Waals surface area contributed by atoms with Gasteiger partial charge in [0, 0.05) is 25.5 Å². The molecule has 1 fully saturated rings. The van der Waals surface area contributed by atoms with E-state index in [4.69, 9.17) is 0 Å². The number of pyridine rings is 1. The number of hydrogen-bond acceptors (Lipinski definition) is 2. The molecule has 1 aromatic rings. The van der Waals surface area contributed by atoms with Crippen LogP contribution in [0.25, 0.3) is 0 Å². The number of halogens is 3. The number of piperidine rings is 1. The van der Waals surface area contributed by atoms with Gasteiger partial charge in [0.1, 0.15) is 0 Å². The fourth-order valence-electron chi connectivity index (χ4n) is 2.02. The molecule has 1 aliphatic heterocycles. The molecule has 5 heteroatoms. The molecule has 0 N–H and O–H groups in total. The van der Waals surface area contributed by atoms with Crippen molar-refractivity contribution in [3.8, 4) is 0 Å². The Labute approximate surface area is 92.1 Å². The Balaban J connectivity index is 2.32. The molecule has 0 atom stereocenters. The normalized spacial score (nSPS) is 17.6. The number of hydrogen-bond donors (Lipinski definition) is 0. The quantitative estimate of drug-likeness (QED) is 0.737. The molecule has 2 nitrogen and oxygen atoms in total. The summed E-state index contributed by atoms with van der Waals surface area (Å²) in [6.45, 7) is 1.40. The van der Waals surface area contributed by atoms with Gasteiger partial charge in [-0.15, -0.1) is 0 Å². The van der Waals surface area contributed by atoms with Crippen LogP contribution >= 0.6 is 0 Å². The Morgan fingerprint density at radius 1 is 1.12 bits per heavy atom. The van der Waals surface area contributed by atoms with Crippen LogP contribution in [-0.2, 0) is 6.18 Å². The van der Waals surface area contributed by atoms with Gasteiger partial charge in [0.2, 0.25) is 0 Å². The predicted octanol–water partition coefficient (Wildman–Crippen LogP) is 3.09. The number of anilines is 1. The zero-order valence-corrected chi connectivity index (χ0v) is 8.80. The minimum atomic E-state index is -4.32. The van der Waals surface area contributed by atoms with Gasteiger partial charge in [-0.25, -0.2) is 0 Å². The molecule has 0 saturated carbocycles. The standard InChI is InChI=1S/C11H13F3N2/c12-11(13,14)9-8-15-5-4-10(9)16-6-2-1-3-7-16/h4-5,8H,1-3,6-7H2. The molecule has 88 valence electrons. The van der Waals surface area contributed by atoms with Crippen LogP contribution in [0.2, 0.25) is 0 Å². The van der Waals surface area contributed by atoms with E-state index >= 15 is 0 Å². The van der Waals surface area contributed by atoms with Crippen LogP contribution in [0.4, 0.5) is 18.9 Å². The fraction of sp³-hybridized carbons (Fsp3) is 0.545. The second-order valence-electron chi connectivity index (χ2n) is 3.94. The molecule has 16 heavy (non-hydrogen) atoms. The van der Waals surface area contributed by atoms with Gasteiger partial charge in [-0.1, -0.05) is 0 Å². The molecular weight excluding hydrogens is 217 g/mol. The Bertz CT molecular complexity index is 356. The highest BCUT2D eigenvalue weighted by atomic mass is 19.4. The first-order valence-electron chi connectivity index (χ1n) is 5.35. The van der Waals surface area contributed by atoms with E-state index in [1.165, 1.54) is 12.3 Å². The van der Waals surface area contributed by atoms with Gasteiger partial charge in [0.15, 0.2) is 0 Å². The summed E-state index contributed by atoms with van der Waals surface area (Å²) < 4.78 is 38.2. The number of aromatic nitrogens is 1. The third kappa shape index (κ3) is 2.28. The van der Waals surface area contributed by atoms with Crippen molar-refractivity contribution in [2.75, 3.05) is 18.0 Å². The predicted molar refractivity (Wildman–Crippen MR) is 55.3 cm³/mol. The van der Waals surface area contributed by atoms with Crippen LogP contribution in [0.3, 0.4) is 0 Å². The lowest BCUT2D eigenvalue weighted by Gasteiger charge is -2.30. The molecule has 1 aromatic heterocycles. The van der Waals surface area contributed by atoms with Gasteiger partial charge < -0.3 is 4.90 Å². The maximum atomic E-state index is 12.7. The zero-order chi connectivity index (χ0) is 11.6. The summed E-state index contributed by atoms with van der Waals surface area (Å²) in [5.41, 5.74) is -0.362. The van der Waals surface area contributed by atoms with Crippen molar-refractivity contribution in [2.45, 2.75) is 25.4 Å². The van der Waals surface area contributed by atoms with E-state index in [2.05, 4.69) is 4.98 Å². The summed E-state index contributed by atoms with van der Waals surface area (Å²) >= 11 is 0. The van der Waals surface area contributed by atoms with E-state index in [0.29, 0.717) is 13.1 Å². The van der Waals surface area contributed by atoms with Gasteiger partial charge in [-0.2, -0.15) is 13.2 Å². The molecule has 2 rings (SSSR count). The van der Waals surface area contributed by atoms with Gasteiger partial charge >= 0.3 is 6.18 Å². The van der Waals surface area contributed by atoms with Crippen LogP contribution < -0.4 is 4.90 Å². The lowest BCUT2D eigenvalue weighted by molar-refractivity contribution is -0.137. The van der Waals surface area contributed by atoms with E-state index in [-0.39, 0.29) is 5.69 Å². The summed E-state index contributed by atoms with van der Waals surface area (Å²) in [6.07, 6.45) is 1.02. The van der Waals surface area contributed by atoms with Crippen LogP contribution in [0.1, 0.15) is 24.8 Å². The molecule has 0 aromatic carbocycles. The summed E-state index contributed by atoms with van der Waals surface area (Å²) in [5, 5.41) is 0. The minimum Gasteiger partial charge on any atom is -0.371 e. The second-order valence-corrected chi connectivity index (χ2v) is 3.94. The molecule has 0 spiro atoms. The highest BCUT2D eigenvalue weighted by Crippen LogP contribution is 2.36. The van der Waals surface area contributed by atoms with Gasteiger partial charge in [0.25, 0.3) is 0 Å². The van der Waals surface area contributed by atoms with Crippen LogP contribution in [0, 0.1) is 0 Å². The number of nitrogens with zero attached hydrogens (tertiary/aromatic N) is 2. The van der Waals surface area contributed by atoms with Gasteiger partial charge in [-0.3, -0.25) is 4.98 Å². The molecule has 0 unspecified atom stereocenters. The summed E-state index contributed by atoms with van der Waals surface area (Å²) in [4.78, 5) is 5.36. The Morgan fingerprint density at radius 3 is 2.44 bits per heavy atom. The highest BCUT2D eigenvalue weighted by Gasteiger charge is 2.35. The SMILES string of the molecule is FC(F)(F)c1cnccc1N1CCCCC1. The van der Waals surface area contributed by atoms with Gasteiger partial charge in [-0.05, 0) is 25.3 Å². The van der Waals surface area contributed by atoms with Crippen molar-refractivity contribution in [3.05, 3.63) is 24.0 Å². The Morgan fingerprint density at radius 2 is 1.81 bits per heavy atom. The van der Waals surface area contributed by atoms with Crippen LogP contribution in [-0.4, -0.2) is 18.1 Å². The molecule has 0 aliphatic carbocycles. The van der Waals surface area contributed by atoms with Gasteiger partial charge in [0.05, 0.1) is 11.3 Å². The van der Waals surface area contributed by atoms with E-state index in [0.717, 1.165) is 25.5 Å². The number of rotatable bonds is 1. The first kappa shape index (κ1) is 11.2. The first-order valence-corrected chi connectivity index (χ1v) is 5.35. The van der Waals surface area contributed by atoms with Crippen molar-refractivity contribution in [3.63, 3.8) is 0 Å². The maximum absolute atomic E-state index is 12.7. The minimum absolute atomic E-state index is 0.266. The van der Waals surface area contributed by atoms with Crippen molar-refractivity contribution >= 4 is 5.69 Å². The second kappa shape index (κ2) is 4.31. The molecule has 0 amide bonds. The van der Waals surface area contributed by atoms with E-state index in [1.807, 2.05) is 0 Å². The maximum Gasteiger partial charge on any atom is 0.419 e. The third-order valence-electron chi connectivity index (χ3n) is 2.80. The van der Waals surface area contributed by atoms with E-state index < -0.39 is 11.7 Å². The Hall–Kier alpha value is -1.26. The van der Waals surface area contributed by atoms with Crippen molar-refractivity contribution < 1.29 is 13.2 Å². The largest absolute Gasteiger partial charge is 0.419 e. The molecular formula is C11H13F3N2. The first-order chi connectivity index (χ1) is 7.59. The highest BCUT2D eigenvalue weighted by molar-refractivity contribution is 5.53. The molecule has 1 aliphatic rings. The van der Waals surface area contributed by atoms with Crippen molar-refractivity contribution in [1.82, 2.24) is 4.98 Å². The van der Waals surface area contributed by atoms with Crippen LogP contribution in [0.15, 0.2) is 18.5 Å². The Kier molecular flexibility index (Phi) is 3.03. The molecule has 1 saturated heterocycles. The van der Waals surface area contributed by atoms with E-state index in [9.17, 15) is 13.2 Å². The van der Waals surface area contributed by atoms with Crippen LogP contribution in [0.5, 0.6) is 0 Å². The zero-order valence-electron chi connectivity index (χ0n) is 8.80. The lowest BCUT2D eigenvalue weighted by atomic mass is 10.1. The third-order valence-corrected chi connectivity index (χ3v) is 2.80. The smallest absolute Gasteiger partial charge is 0.371 e. The summed E-state index contributed by atoms with van der Waals surface area (Å²) in [5.74, 6) is 0. The summed E-state index contributed by atoms with van der Waals surface area (Å²) in [7, 11) is 0. The van der Waals surface area contributed by atoms with E-state index in [1.54, 1.807) is 4.90 Å². The van der Waals surface area contributed by atoms with Crippen molar-refractivity contribution in [1.29, 1.82) is 0 Å². The molecule has 2 heterocycles. The lowest BCUT2D eigenvalue weighted by Crippen LogP contribution is -2.31. The number of alkyl halides is 3. The molecule has 0 bridgehead atoms. The monoisotopic (exact) mass is 230 g/mol. The topological polar surface area (TPSA) is 16.1 Å². The average molecular weight is 230 g/mol. The fourth-order valence-corrected chi connectivity index (χ4v) is 2.02. The summed E-state index contributed by atoms with van der Waals surface area (Å²) in [6, 6.07) is 1.45. The average Bonchev–Trinajstić information content (AvgIpc) is 2.29.